The van der Waals surface area contributed by atoms with Crippen LogP contribution in [0.2, 0.25) is 0 Å². The van der Waals surface area contributed by atoms with Gasteiger partial charge >= 0.3 is 0 Å². The molecule has 6 heteroatoms. The predicted octanol–water partition coefficient (Wildman–Crippen LogP) is 3.59. The largest absolute Gasteiger partial charge is 0.506 e. The van der Waals surface area contributed by atoms with Crippen LogP contribution in [-0.2, 0) is 0 Å². The van der Waals surface area contributed by atoms with Crippen molar-refractivity contribution < 1.29 is 9.90 Å². The molecule has 0 radical (unpaired) electrons. The number of carbonyl (C=O) groups is 1. The third-order valence-corrected chi connectivity index (χ3v) is 3.87. The van der Waals surface area contributed by atoms with Crippen LogP contribution in [0.1, 0.15) is 15.9 Å². The van der Waals surface area contributed by atoms with E-state index in [2.05, 4.69) is 26.6 Å². The fourth-order valence-electron chi connectivity index (χ4n) is 1.64. The first-order chi connectivity index (χ1) is 9.97. The number of para-hydroxylation sites is 2. The van der Waals surface area contributed by atoms with Crippen molar-refractivity contribution in [3.05, 3.63) is 58.1 Å². The summed E-state index contributed by atoms with van der Waals surface area (Å²) < 4.78 is 0.856. The van der Waals surface area contributed by atoms with Crippen molar-refractivity contribution >= 4 is 44.9 Å². The number of halogens is 1. The van der Waals surface area contributed by atoms with Crippen LogP contribution in [0.15, 0.2) is 46.9 Å². The zero-order valence-electron chi connectivity index (χ0n) is 11.2. The van der Waals surface area contributed by atoms with E-state index in [-0.39, 0.29) is 16.8 Å². The van der Waals surface area contributed by atoms with Crippen LogP contribution in [0.4, 0.5) is 5.69 Å². The van der Waals surface area contributed by atoms with Gasteiger partial charge in [-0.25, -0.2) is 0 Å². The van der Waals surface area contributed by atoms with E-state index in [1.807, 2.05) is 13.0 Å². The highest BCUT2D eigenvalue weighted by molar-refractivity contribution is 9.10. The molecule has 108 valence electrons. The van der Waals surface area contributed by atoms with Crippen LogP contribution in [0.5, 0.6) is 5.75 Å². The van der Waals surface area contributed by atoms with Gasteiger partial charge in [0, 0.05) is 10.0 Å². The molecule has 0 fully saturated rings. The van der Waals surface area contributed by atoms with E-state index in [0.717, 1.165) is 10.0 Å². The maximum atomic E-state index is 12.1. The summed E-state index contributed by atoms with van der Waals surface area (Å²) in [5.41, 5.74) is 1.98. The lowest BCUT2D eigenvalue weighted by Gasteiger charge is -2.11. The van der Waals surface area contributed by atoms with Gasteiger partial charge < -0.3 is 10.4 Å². The van der Waals surface area contributed by atoms with Gasteiger partial charge in [-0.15, -0.1) is 0 Å². The van der Waals surface area contributed by atoms with Crippen molar-refractivity contribution in [3.8, 4) is 5.75 Å². The van der Waals surface area contributed by atoms with Gasteiger partial charge in [0.2, 0.25) is 0 Å². The Labute approximate surface area is 136 Å². The van der Waals surface area contributed by atoms with E-state index in [0.29, 0.717) is 11.3 Å². The SMILES string of the molecule is Cc1ccc(C(=O)NC(=S)Nc2ccccc2O)cc1Br. The van der Waals surface area contributed by atoms with Crippen molar-refractivity contribution in [2.75, 3.05) is 5.32 Å². The Morgan fingerprint density at radius 2 is 1.95 bits per heavy atom. The van der Waals surface area contributed by atoms with Crippen LogP contribution < -0.4 is 10.6 Å². The minimum atomic E-state index is -0.316. The van der Waals surface area contributed by atoms with E-state index in [4.69, 9.17) is 12.2 Å². The van der Waals surface area contributed by atoms with Crippen LogP contribution in [0.3, 0.4) is 0 Å². The molecule has 21 heavy (non-hydrogen) atoms. The number of aryl methyl sites for hydroxylation is 1. The van der Waals surface area contributed by atoms with Crippen molar-refractivity contribution in [3.63, 3.8) is 0 Å². The lowest BCUT2D eigenvalue weighted by atomic mass is 10.1. The second kappa shape index (κ2) is 6.69. The lowest BCUT2D eigenvalue weighted by molar-refractivity contribution is 0.0977. The molecule has 0 aromatic heterocycles. The monoisotopic (exact) mass is 364 g/mol. The van der Waals surface area contributed by atoms with Gasteiger partial charge in [0.1, 0.15) is 5.75 Å². The minimum Gasteiger partial charge on any atom is -0.506 e. The molecule has 2 rings (SSSR count). The topological polar surface area (TPSA) is 61.4 Å². The first-order valence-electron chi connectivity index (χ1n) is 6.14. The van der Waals surface area contributed by atoms with Gasteiger partial charge in [-0.3, -0.25) is 10.1 Å². The number of phenolic OH excluding ortho intramolecular Hbond substituents is 1. The molecule has 4 nitrogen and oxygen atoms in total. The fraction of sp³-hybridized carbons (Fsp3) is 0.0667. The summed E-state index contributed by atoms with van der Waals surface area (Å²) in [6.07, 6.45) is 0. The highest BCUT2D eigenvalue weighted by Crippen LogP contribution is 2.21. The molecule has 2 aromatic carbocycles. The zero-order chi connectivity index (χ0) is 15.4. The average Bonchev–Trinajstić information content (AvgIpc) is 2.44. The molecule has 2 aromatic rings. The average molecular weight is 365 g/mol. The third kappa shape index (κ3) is 4.03. The third-order valence-electron chi connectivity index (χ3n) is 2.81. The summed E-state index contributed by atoms with van der Waals surface area (Å²) in [5, 5.41) is 15.1. The molecule has 0 heterocycles. The highest BCUT2D eigenvalue weighted by Gasteiger charge is 2.10. The molecule has 0 saturated heterocycles. The van der Waals surface area contributed by atoms with Crippen LogP contribution >= 0.6 is 28.1 Å². The predicted molar refractivity (Wildman–Crippen MR) is 90.7 cm³/mol. The van der Waals surface area contributed by atoms with Gasteiger partial charge in [-0.2, -0.15) is 0 Å². The second-order valence-corrected chi connectivity index (χ2v) is 5.65. The van der Waals surface area contributed by atoms with Crippen molar-refractivity contribution in [2.24, 2.45) is 0 Å². The van der Waals surface area contributed by atoms with E-state index in [9.17, 15) is 9.90 Å². The lowest BCUT2D eigenvalue weighted by Crippen LogP contribution is -2.34. The van der Waals surface area contributed by atoms with Gasteiger partial charge in [0.05, 0.1) is 5.69 Å². The maximum Gasteiger partial charge on any atom is 0.257 e. The molecule has 3 N–H and O–H groups in total. The molecule has 0 atom stereocenters. The number of benzene rings is 2. The van der Waals surface area contributed by atoms with E-state index in [1.54, 1.807) is 30.3 Å². The molecule has 0 aliphatic heterocycles. The maximum absolute atomic E-state index is 12.1. The summed E-state index contributed by atoms with van der Waals surface area (Å²) in [5.74, 6) is -0.254. The molecular formula is C15H13BrN2O2S. The summed E-state index contributed by atoms with van der Waals surface area (Å²) >= 11 is 8.45. The number of carbonyl (C=O) groups excluding carboxylic acids is 1. The quantitative estimate of drug-likeness (QED) is 0.562. The van der Waals surface area contributed by atoms with Crippen LogP contribution in [0, 0.1) is 6.92 Å². The summed E-state index contributed by atoms with van der Waals surface area (Å²) in [6, 6.07) is 11.9. The molecule has 0 saturated carbocycles. The Bertz CT molecular complexity index is 704. The van der Waals surface area contributed by atoms with Crippen molar-refractivity contribution in [1.82, 2.24) is 5.32 Å². The molecule has 1 amide bonds. The second-order valence-electron chi connectivity index (χ2n) is 4.39. The zero-order valence-corrected chi connectivity index (χ0v) is 13.6. The molecule has 0 aliphatic rings. The Morgan fingerprint density at radius 3 is 2.62 bits per heavy atom. The molecule has 0 bridgehead atoms. The Kier molecular flexibility index (Phi) is 4.93. The Balaban J connectivity index is 2.04. The molecule has 0 unspecified atom stereocenters. The Morgan fingerprint density at radius 1 is 1.24 bits per heavy atom. The number of anilines is 1. The van der Waals surface area contributed by atoms with Crippen molar-refractivity contribution in [1.29, 1.82) is 0 Å². The first kappa shape index (κ1) is 15.5. The van der Waals surface area contributed by atoms with Gasteiger partial charge in [0.25, 0.3) is 5.91 Å². The summed E-state index contributed by atoms with van der Waals surface area (Å²) in [6.45, 7) is 1.94. The number of nitrogens with one attached hydrogen (secondary N) is 2. The number of phenols is 1. The smallest absolute Gasteiger partial charge is 0.257 e. The first-order valence-corrected chi connectivity index (χ1v) is 7.34. The molecular weight excluding hydrogens is 352 g/mol. The summed E-state index contributed by atoms with van der Waals surface area (Å²) in [4.78, 5) is 12.1. The number of hydrogen-bond donors (Lipinski definition) is 3. The number of thiocarbonyl (C=S) groups is 1. The highest BCUT2D eigenvalue weighted by atomic mass is 79.9. The van der Waals surface area contributed by atoms with Crippen LogP contribution in [-0.4, -0.2) is 16.1 Å². The number of aromatic hydroxyl groups is 1. The summed E-state index contributed by atoms with van der Waals surface area (Å²) in [7, 11) is 0. The van der Waals surface area contributed by atoms with Gasteiger partial charge in [-0.1, -0.05) is 34.1 Å². The van der Waals surface area contributed by atoms with Gasteiger partial charge in [0.15, 0.2) is 5.11 Å². The number of rotatable bonds is 2. The van der Waals surface area contributed by atoms with E-state index in [1.165, 1.54) is 6.07 Å². The normalized spacial score (nSPS) is 10.0. The van der Waals surface area contributed by atoms with E-state index < -0.39 is 0 Å². The molecule has 0 spiro atoms. The van der Waals surface area contributed by atoms with Crippen molar-refractivity contribution in [2.45, 2.75) is 6.92 Å². The number of amides is 1. The molecule has 0 aliphatic carbocycles. The van der Waals surface area contributed by atoms with E-state index >= 15 is 0 Å². The fourth-order valence-corrected chi connectivity index (χ4v) is 2.22. The minimum absolute atomic E-state index is 0.0622. The van der Waals surface area contributed by atoms with Gasteiger partial charge in [-0.05, 0) is 49.0 Å². The van der Waals surface area contributed by atoms with Crippen LogP contribution in [0.25, 0.3) is 0 Å². The number of hydrogen-bond acceptors (Lipinski definition) is 3. The Hall–Kier alpha value is -1.92. The standard InChI is InChI=1S/C15H13BrN2O2S/c1-9-6-7-10(8-11(9)16)14(20)18-15(21)17-12-4-2-3-5-13(12)19/h2-8,19H,1H3,(H2,17,18,20,21).